The second-order valence-electron chi connectivity index (χ2n) is 5.91. The van der Waals surface area contributed by atoms with E-state index in [2.05, 4.69) is 22.3 Å². The van der Waals surface area contributed by atoms with E-state index in [1.165, 1.54) is 11.6 Å². The Morgan fingerprint density at radius 3 is 2.62 bits per heavy atom. The van der Waals surface area contributed by atoms with E-state index in [-0.39, 0.29) is 11.7 Å². The smallest absolute Gasteiger partial charge is 0.255 e. The topological polar surface area (TPSA) is 61.8 Å². The molecule has 2 aromatic rings. The number of carbonyl (C=O) groups is 1. The number of aromatic hydroxyl groups is 1. The Morgan fingerprint density at radius 1 is 1.08 bits per heavy atom. The summed E-state index contributed by atoms with van der Waals surface area (Å²) in [5.41, 5.74) is 2.57. The molecule has 2 aromatic carbocycles. The Balaban J connectivity index is 1.58. The standard InChI is InChI=1S/C19H22N2O3/c22-18-7-2-1-6-17(18)19(23)20-13-15-4-3-5-16(12-15)14-21-8-10-24-11-9-21/h1-7,12,22H,8-11,13-14H2,(H,20,23). The summed E-state index contributed by atoms with van der Waals surface area (Å²) in [5.74, 6) is -0.275. The van der Waals surface area contributed by atoms with Crippen molar-refractivity contribution in [3.63, 3.8) is 0 Å². The monoisotopic (exact) mass is 326 g/mol. The van der Waals surface area contributed by atoms with E-state index in [9.17, 15) is 9.90 Å². The molecule has 24 heavy (non-hydrogen) atoms. The minimum Gasteiger partial charge on any atom is -0.507 e. The maximum absolute atomic E-state index is 12.1. The molecule has 0 atom stereocenters. The van der Waals surface area contributed by atoms with Crippen molar-refractivity contribution in [2.45, 2.75) is 13.1 Å². The minimum atomic E-state index is -0.272. The summed E-state index contributed by atoms with van der Waals surface area (Å²) in [4.78, 5) is 14.5. The molecule has 1 fully saturated rings. The first-order valence-corrected chi connectivity index (χ1v) is 8.16. The van der Waals surface area contributed by atoms with Crippen molar-refractivity contribution in [3.8, 4) is 5.75 Å². The van der Waals surface area contributed by atoms with Crippen LogP contribution in [-0.4, -0.2) is 42.2 Å². The Kier molecular flexibility index (Phi) is 5.46. The summed E-state index contributed by atoms with van der Waals surface area (Å²) in [6, 6.07) is 14.8. The van der Waals surface area contributed by atoms with Crippen molar-refractivity contribution in [2.24, 2.45) is 0 Å². The van der Waals surface area contributed by atoms with Crippen molar-refractivity contribution in [2.75, 3.05) is 26.3 Å². The lowest BCUT2D eigenvalue weighted by atomic mass is 10.1. The summed E-state index contributed by atoms with van der Waals surface area (Å²) in [6.07, 6.45) is 0. The minimum absolute atomic E-state index is 0.00364. The van der Waals surface area contributed by atoms with Gasteiger partial charge in [0.05, 0.1) is 18.8 Å². The lowest BCUT2D eigenvalue weighted by Gasteiger charge is -2.26. The number of hydrogen-bond donors (Lipinski definition) is 2. The second kappa shape index (κ2) is 7.95. The zero-order valence-corrected chi connectivity index (χ0v) is 13.6. The fraction of sp³-hybridized carbons (Fsp3) is 0.316. The SMILES string of the molecule is O=C(NCc1cccc(CN2CCOCC2)c1)c1ccccc1O. The zero-order valence-electron chi connectivity index (χ0n) is 13.6. The molecule has 1 amide bonds. The second-order valence-corrected chi connectivity index (χ2v) is 5.91. The highest BCUT2D eigenvalue weighted by molar-refractivity contribution is 5.96. The molecule has 1 heterocycles. The van der Waals surface area contributed by atoms with Gasteiger partial charge in [-0.3, -0.25) is 9.69 Å². The third-order valence-corrected chi connectivity index (χ3v) is 4.10. The third-order valence-electron chi connectivity index (χ3n) is 4.10. The van der Waals surface area contributed by atoms with Gasteiger partial charge in [-0.15, -0.1) is 0 Å². The average molecular weight is 326 g/mol. The van der Waals surface area contributed by atoms with Gasteiger partial charge in [0.15, 0.2) is 0 Å². The summed E-state index contributed by atoms with van der Waals surface area (Å²) in [5, 5.41) is 12.6. The van der Waals surface area contributed by atoms with Crippen molar-refractivity contribution in [1.29, 1.82) is 0 Å². The van der Waals surface area contributed by atoms with Crippen LogP contribution in [0.4, 0.5) is 0 Å². The number of phenolic OH excluding ortho intramolecular Hbond substituents is 1. The predicted molar refractivity (Wildman–Crippen MR) is 91.8 cm³/mol. The summed E-state index contributed by atoms with van der Waals surface area (Å²) in [7, 11) is 0. The van der Waals surface area contributed by atoms with Crippen LogP contribution in [-0.2, 0) is 17.8 Å². The number of phenols is 1. The highest BCUT2D eigenvalue weighted by Gasteiger charge is 2.12. The number of para-hydroxylation sites is 1. The fourth-order valence-electron chi connectivity index (χ4n) is 2.80. The van der Waals surface area contributed by atoms with Crippen molar-refractivity contribution in [1.82, 2.24) is 10.2 Å². The molecule has 0 aromatic heterocycles. The molecular weight excluding hydrogens is 304 g/mol. The van der Waals surface area contributed by atoms with Gasteiger partial charge in [0.2, 0.25) is 0 Å². The number of morpholine rings is 1. The molecule has 2 N–H and O–H groups in total. The molecule has 0 bridgehead atoms. The van der Waals surface area contributed by atoms with Gasteiger partial charge in [-0.25, -0.2) is 0 Å². The van der Waals surface area contributed by atoms with Crippen LogP contribution in [0.5, 0.6) is 5.75 Å². The van der Waals surface area contributed by atoms with Crippen LogP contribution in [0.25, 0.3) is 0 Å². The highest BCUT2D eigenvalue weighted by atomic mass is 16.5. The number of nitrogens with one attached hydrogen (secondary N) is 1. The Morgan fingerprint density at radius 2 is 1.83 bits per heavy atom. The lowest BCUT2D eigenvalue weighted by molar-refractivity contribution is 0.0342. The molecule has 126 valence electrons. The zero-order chi connectivity index (χ0) is 16.8. The third kappa shape index (κ3) is 4.34. The van der Waals surface area contributed by atoms with Crippen LogP contribution in [0.1, 0.15) is 21.5 Å². The number of carbonyl (C=O) groups excluding carboxylic acids is 1. The molecule has 0 spiro atoms. The largest absolute Gasteiger partial charge is 0.507 e. The maximum Gasteiger partial charge on any atom is 0.255 e. The molecule has 1 aliphatic rings. The Hall–Kier alpha value is -2.37. The van der Waals surface area contributed by atoms with Gasteiger partial charge in [-0.2, -0.15) is 0 Å². The quantitative estimate of drug-likeness (QED) is 0.884. The number of hydrogen-bond acceptors (Lipinski definition) is 4. The molecular formula is C19H22N2O3. The Bertz CT molecular complexity index is 697. The van der Waals surface area contributed by atoms with E-state index in [1.807, 2.05) is 12.1 Å². The van der Waals surface area contributed by atoms with Crippen molar-refractivity contribution in [3.05, 3.63) is 65.2 Å². The van der Waals surface area contributed by atoms with E-state index < -0.39 is 0 Å². The first-order valence-electron chi connectivity index (χ1n) is 8.16. The van der Waals surface area contributed by atoms with Crippen LogP contribution in [0, 0.1) is 0 Å². The lowest BCUT2D eigenvalue weighted by Crippen LogP contribution is -2.35. The number of nitrogens with zero attached hydrogens (tertiary/aromatic N) is 1. The van der Waals surface area contributed by atoms with Crippen LogP contribution in [0.3, 0.4) is 0 Å². The van der Waals surface area contributed by atoms with Gasteiger partial charge in [0.25, 0.3) is 5.91 Å². The summed E-state index contributed by atoms with van der Waals surface area (Å²) in [6.45, 7) is 4.81. The van der Waals surface area contributed by atoms with E-state index in [1.54, 1.807) is 18.2 Å². The highest BCUT2D eigenvalue weighted by Crippen LogP contribution is 2.15. The van der Waals surface area contributed by atoms with Crippen molar-refractivity contribution >= 4 is 5.91 Å². The van der Waals surface area contributed by atoms with Crippen LogP contribution < -0.4 is 5.32 Å². The van der Waals surface area contributed by atoms with Gasteiger partial charge in [0, 0.05) is 26.2 Å². The number of amides is 1. The molecule has 5 heteroatoms. The molecule has 5 nitrogen and oxygen atoms in total. The first kappa shape index (κ1) is 16.5. The van der Waals surface area contributed by atoms with Gasteiger partial charge in [-0.1, -0.05) is 36.4 Å². The van der Waals surface area contributed by atoms with Gasteiger partial charge < -0.3 is 15.2 Å². The molecule has 0 aliphatic carbocycles. The summed E-state index contributed by atoms with van der Waals surface area (Å²) >= 11 is 0. The number of rotatable bonds is 5. The van der Waals surface area contributed by atoms with Crippen LogP contribution in [0.15, 0.2) is 48.5 Å². The van der Waals surface area contributed by atoms with E-state index in [0.29, 0.717) is 12.1 Å². The number of benzene rings is 2. The average Bonchev–Trinajstić information content (AvgIpc) is 2.61. The molecule has 0 unspecified atom stereocenters. The Labute approximate surface area is 141 Å². The molecule has 0 radical (unpaired) electrons. The van der Waals surface area contributed by atoms with E-state index in [4.69, 9.17) is 4.74 Å². The van der Waals surface area contributed by atoms with E-state index >= 15 is 0 Å². The van der Waals surface area contributed by atoms with Crippen LogP contribution >= 0.6 is 0 Å². The molecule has 0 saturated carbocycles. The first-order chi connectivity index (χ1) is 11.7. The van der Waals surface area contributed by atoms with Gasteiger partial charge >= 0.3 is 0 Å². The molecule has 1 aliphatic heterocycles. The predicted octanol–water partition coefficient (Wildman–Crippen LogP) is 2.15. The fourth-order valence-corrected chi connectivity index (χ4v) is 2.80. The van der Waals surface area contributed by atoms with Gasteiger partial charge in [-0.05, 0) is 23.3 Å². The number of ether oxygens (including phenoxy) is 1. The maximum atomic E-state index is 12.1. The van der Waals surface area contributed by atoms with Gasteiger partial charge in [0.1, 0.15) is 5.75 Å². The van der Waals surface area contributed by atoms with Crippen LogP contribution in [0.2, 0.25) is 0 Å². The van der Waals surface area contributed by atoms with Crippen molar-refractivity contribution < 1.29 is 14.6 Å². The normalized spacial score (nSPS) is 15.2. The molecule has 3 rings (SSSR count). The summed E-state index contributed by atoms with van der Waals surface area (Å²) < 4.78 is 5.37. The van der Waals surface area contributed by atoms with E-state index in [0.717, 1.165) is 38.4 Å². The molecule has 1 saturated heterocycles.